The van der Waals surface area contributed by atoms with E-state index < -0.39 is 10.8 Å². The van der Waals surface area contributed by atoms with Crippen molar-refractivity contribution >= 4 is 45.6 Å². The molecule has 0 bridgehead atoms. The number of nitrogens with zero attached hydrogens (tertiary/aromatic N) is 5. The van der Waals surface area contributed by atoms with E-state index in [9.17, 15) is 14.9 Å². The fourth-order valence-corrected chi connectivity index (χ4v) is 4.75. The van der Waals surface area contributed by atoms with Gasteiger partial charge in [-0.15, -0.1) is 5.10 Å². The lowest BCUT2D eigenvalue weighted by Gasteiger charge is -2.30. The van der Waals surface area contributed by atoms with Crippen molar-refractivity contribution in [3.8, 4) is 11.3 Å². The summed E-state index contributed by atoms with van der Waals surface area (Å²) in [4.78, 5) is 29.5. The number of hydrogen-bond donors (Lipinski definition) is 1. The van der Waals surface area contributed by atoms with Gasteiger partial charge in [-0.1, -0.05) is 19.1 Å². The van der Waals surface area contributed by atoms with Crippen LogP contribution in [0.5, 0.6) is 0 Å². The lowest BCUT2D eigenvalue weighted by atomic mass is 10.00. The van der Waals surface area contributed by atoms with Crippen molar-refractivity contribution in [3.05, 3.63) is 57.8 Å². The van der Waals surface area contributed by atoms with E-state index in [0.29, 0.717) is 28.2 Å². The third kappa shape index (κ3) is 4.07. The summed E-state index contributed by atoms with van der Waals surface area (Å²) in [6.45, 7) is 4.02. The van der Waals surface area contributed by atoms with Gasteiger partial charge in [0.2, 0.25) is 5.17 Å². The number of nitro benzene ring substituents is 1. The number of aliphatic imine (C=N–C) groups is 1. The Balaban J connectivity index is 1.38. The molecule has 2 aromatic rings. The third-order valence-electron chi connectivity index (χ3n) is 5.75. The quantitative estimate of drug-likeness (QED) is 0.410. The molecule has 0 spiro atoms. The number of amidine groups is 3. The van der Waals surface area contributed by atoms with Gasteiger partial charge in [-0.25, -0.2) is 0 Å². The standard InChI is InChI=1S/C22H20N6O4S/c1-13-7-9-26(10-8-13)22-25-27-19(23)17(20(29)24-21(27)33-22)12-16-5-6-18(32-16)14-3-2-4-15(11-14)28(30)31/h2-6,11-13,23H,7-10H2,1H3/b17-12-,23-19?. The number of amides is 1. The molecular formula is C22H20N6O4S. The molecule has 33 heavy (non-hydrogen) atoms. The predicted octanol–water partition coefficient (Wildman–Crippen LogP) is 4.16. The number of hydrogen-bond acceptors (Lipinski definition) is 8. The number of nitrogens with one attached hydrogen (secondary N) is 1. The zero-order chi connectivity index (χ0) is 23.1. The number of furan rings is 1. The maximum atomic E-state index is 12.7. The molecule has 1 aromatic heterocycles. The molecule has 11 heteroatoms. The highest BCUT2D eigenvalue weighted by atomic mass is 32.2. The number of carbonyl (C=O) groups is 1. The van der Waals surface area contributed by atoms with Crippen LogP contribution in [-0.4, -0.2) is 50.0 Å². The van der Waals surface area contributed by atoms with Gasteiger partial charge in [0.05, 0.1) is 10.5 Å². The molecule has 1 fully saturated rings. The van der Waals surface area contributed by atoms with Gasteiger partial charge in [0.25, 0.3) is 11.6 Å². The third-order valence-corrected chi connectivity index (χ3v) is 6.72. The number of thioether (sulfide) groups is 1. The van der Waals surface area contributed by atoms with Crippen LogP contribution in [0.1, 0.15) is 25.5 Å². The molecule has 3 aliphatic heterocycles. The lowest BCUT2D eigenvalue weighted by molar-refractivity contribution is -0.384. The predicted molar refractivity (Wildman–Crippen MR) is 126 cm³/mol. The fourth-order valence-electron chi connectivity index (χ4n) is 3.81. The summed E-state index contributed by atoms with van der Waals surface area (Å²) in [6.07, 6.45) is 3.62. The number of rotatable bonds is 3. The molecule has 1 N–H and O–H groups in total. The molecule has 0 saturated carbocycles. The second-order valence-corrected chi connectivity index (χ2v) is 9.02. The van der Waals surface area contributed by atoms with Crippen molar-refractivity contribution in [3.63, 3.8) is 0 Å². The topological polar surface area (TPSA) is 128 Å². The van der Waals surface area contributed by atoms with E-state index in [1.807, 2.05) is 0 Å². The van der Waals surface area contributed by atoms with Crippen molar-refractivity contribution in [2.45, 2.75) is 19.8 Å². The first-order valence-corrected chi connectivity index (χ1v) is 11.3. The molecule has 168 valence electrons. The zero-order valence-corrected chi connectivity index (χ0v) is 18.5. The average molecular weight is 465 g/mol. The van der Waals surface area contributed by atoms with E-state index >= 15 is 0 Å². The van der Waals surface area contributed by atoms with Crippen molar-refractivity contribution in [1.29, 1.82) is 5.41 Å². The summed E-state index contributed by atoms with van der Waals surface area (Å²) in [5.41, 5.74) is 0.565. The minimum Gasteiger partial charge on any atom is -0.457 e. The fraction of sp³-hybridized carbons (Fsp3) is 0.273. The van der Waals surface area contributed by atoms with Gasteiger partial charge in [0, 0.05) is 30.8 Å². The number of benzene rings is 1. The number of carbonyl (C=O) groups excluding carboxylic acids is 1. The summed E-state index contributed by atoms with van der Waals surface area (Å²) in [5.74, 6) is 0.843. The molecule has 0 radical (unpaired) electrons. The van der Waals surface area contributed by atoms with Crippen LogP contribution in [0.4, 0.5) is 5.69 Å². The van der Waals surface area contributed by atoms with Gasteiger partial charge < -0.3 is 9.32 Å². The first-order valence-electron chi connectivity index (χ1n) is 10.5. The Bertz CT molecular complexity index is 1260. The first kappa shape index (κ1) is 21.1. The van der Waals surface area contributed by atoms with Crippen LogP contribution in [0.15, 0.2) is 56.5 Å². The summed E-state index contributed by atoms with van der Waals surface area (Å²) >= 11 is 1.31. The first-order chi connectivity index (χ1) is 15.9. The molecule has 3 aliphatic rings. The molecule has 0 atom stereocenters. The Kier molecular flexibility index (Phi) is 5.33. The van der Waals surface area contributed by atoms with Gasteiger partial charge in [-0.3, -0.25) is 20.3 Å². The molecular weight excluding hydrogens is 444 g/mol. The lowest BCUT2D eigenvalue weighted by Crippen LogP contribution is -2.36. The number of non-ortho nitro benzene ring substituents is 1. The van der Waals surface area contributed by atoms with E-state index in [2.05, 4.69) is 21.9 Å². The van der Waals surface area contributed by atoms with Crippen LogP contribution < -0.4 is 0 Å². The molecule has 5 rings (SSSR count). The van der Waals surface area contributed by atoms with Crippen molar-refractivity contribution in [2.24, 2.45) is 16.0 Å². The zero-order valence-electron chi connectivity index (χ0n) is 17.7. The summed E-state index contributed by atoms with van der Waals surface area (Å²) < 4.78 is 5.78. The van der Waals surface area contributed by atoms with Crippen LogP contribution in [0.2, 0.25) is 0 Å². The van der Waals surface area contributed by atoms with E-state index in [1.165, 1.54) is 35.0 Å². The largest absolute Gasteiger partial charge is 0.457 e. The Hall–Kier alpha value is -3.73. The molecule has 0 aliphatic carbocycles. The van der Waals surface area contributed by atoms with Crippen molar-refractivity contribution in [2.75, 3.05) is 13.1 Å². The summed E-state index contributed by atoms with van der Waals surface area (Å²) in [5, 5.41) is 26.6. The van der Waals surface area contributed by atoms with E-state index in [4.69, 9.17) is 9.83 Å². The van der Waals surface area contributed by atoms with Crippen LogP contribution >= 0.6 is 11.8 Å². The average Bonchev–Trinajstić information content (AvgIpc) is 3.45. The molecule has 1 aromatic carbocycles. The second-order valence-electron chi connectivity index (χ2n) is 8.08. The monoisotopic (exact) mass is 464 g/mol. The summed E-state index contributed by atoms with van der Waals surface area (Å²) in [7, 11) is 0. The number of likely N-dealkylation sites (tertiary alicyclic amines) is 1. The molecule has 4 heterocycles. The Morgan fingerprint density at radius 3 is 2.79 bits per heavy atom. The van der Waals surface area contributed by atoms with Crippen LogP contribution in [0.3, 0.4) is 0 Å². The van der Waals surface area contributed by atoms with Crippen LogP contribution in [-0.2, 0) is 4.79 Å². The maximum absolute atomic E-state index is 12.7. The highest BCUT2D eigenvalue weighted by Gasteiger charge is 2.38. The highest BCUT2D eigenvalue weighted by Crippen LogP contribution is 2.32. The minimum absolute atomic E-state index is 0.0433. The molecule has 1 amide bonds. The Labute approximate surface area is 193 Å². The number of nitro groups is 1. The van der Waals surface area contributed by atoms with Gasteiger partial charge in [-0.2, -0.15) is 10.0 Å². The second kappa shape index (κ2) is 8.32. The Morgan fingerprint density at radius 1 is 1.24 bits per heavy atom. The number of piperidine rings is 1. The molecule has 10 nitrogen and oxygen atoms in total. The van der Waals surface area contributed by atoms with E-state index in [0.717, 1.165) is 31.1 Å². The molecule has 0 unspecified atom stereocenters. The SMILES string of the molecule is CC1CCN(C2=NN3C(=N)/C(=C/c4ccc(-c5cccc([N+](=O)[O-])c5)o4)C(=O)N=C3S2)CC1. The normalized spacial score (nSPS) is 20.2. The smallest absolute Gasteiger partial charge is 0.283 e. The minimum atomic E-state index is -0.532. The van der Waals surface area contributed by atoms with Gasteiger partial charge >= 0.3 is 0 Å². The maximum Gasteiger partial charge on any atom is 0.283 e. The summed E-state index contributed by atoms with van der Waals surface area (Å²) in [6, 6.07) is 9.40. The van der Waals surface area contributed by atoms with Crippen LogP contribution in [0, 0.1) is 21.4 Å². The van der Waals surface area contributed by atoms with Crippen LogP contribution in [0.25, 0.3) is 17.4 Å². The van der Waals surface area contributed by atoms with E-state index in [1.54, 1.807) is 24.3 Å². The van der Waals surface area contributed by atoms with Crippen molar-refractivity contribution < 1.29 is 14.1 Å². The highest BCUT2D eigenvalue weighted by molar-refractivity contribution is 8.26. The van der Waals surface area contributed by atoms with Gasteiger partial charge in [0.1, 0.15) is 11.5 Å². The Morgan fingerprint density at radius 2 is 2.03 bits per heavy atom. The molecule has 1 saturated heterocycles. The van der Waals surface area contributed by atoms with E-state index in [-0.39, 0.29) is 17.1 Å². The van der Waals surface area contributed by atoms with Gasteiger partial charge in [0.15, 0.2) is 11.0 Å². The number of fused-ring (bicyclic) bond motifs is 1. The van der Waals surface area contributed by atoms with Crippen molar-refractivity contribution in [1.82, 2.24) is 9.91 Å². The van der Waals surface area contributed by atoms with Gasteiger partial charge in [-0.05, 0) is 48.7 Å². The number of hydrazone groups is 1.